The molecule has 2 aliphatic heterocycles. The molecule has 0 fully saturated rings. The Labute approximate surface area is 155 Å². The number of hydrogen-bond donors (Lipinski definition) is 2. The smallest absolute Gasteiger partial charge is 0.161 e. The van der Waals surface area contributed by atoms with Crippen LogP contribution >= 0.6 is 0 Å². The Morgan fingerprint density at radius 3 is 2.46 bits per heavy atom. The number of hydrogen-bond acceptors (Lipinski definition) is 4. The van der Waals surface area contributed by atoms with Crippen LogP contribution in [-0.4, -0.2) is 19.4 Å². The van der Waals surface area contributed by atoms with Crippen LogP contribution < -0.4 is 20.1 Å². The van der Waals surface area contributed by atoms with Crippen molar-refractivity contribution in [1.82, 2.24) is 10.6 Å². The molecule has 4 heteroatoms. The van der Waals surface area contributed by atoms with Gasteiger partial charge in [0, 0.05) is 12.6 Å². The van der Waals surface area contributed by atoms with Gasteiger partial charge in [-0.3, -0.25) is 0 Å². The van der Waals surface area contributed by atoms with Crippen LogP contribution in [0.3, 0.4) is 0 Å². The summed E-state index contributed by atoms with van der Waals surface area (Å²) in [5.74, 6) is 2.37. The van der Waals surface area contributed by atoms with Crippen LogP contribution in [0, 0.1) is 5.92 Å². The largest absolute Gasteiger partial charge is 0.486 e. The average molecular weight is 350 g/mol. The molecule has 4 rings (SSSR count). The fourth-order valence-electron chi connectivity index (χ4n) is 3.47. The van der Waals surface area contributed by atoms with Crippen LogP contribution in [0.5, 0.6) is 11.5 Å². The number of benzene rings is 2. The van der Waals surface area contributed by atoms with Crippen LogP contribution in [0.25, 0.3) is 5.70 Å². The summed E-state index contributed by atoms with van der Waals surface area (Å²) < 4.78 is 11.3. The van der Waals surface area contributed by atoms with Crippen molar-refractivity contribution in [2.45, 2.75) is 32.9 Å². The van der Waals surface area contributed by atoms with Crippen LogP contribution in [0.15, 0.2) is 48.7 Å². The third kappa shape index (κ3) is 3.79. The predicted octanol–water partition coefficient (Wildman–Crippen LogP) is 3.72. The summed E-state index contributed by atoms with van der Waals surface area (Å²) >= 11 is 0. The van der Waals surface area contributed by atoms with Crippen molar-refractivity contribution >= 4 is 5.70 Å². The van der Waals surface area contributed by atoms with Gasteiger partial charge in [-0.05, 0) is 41.2 Å². The third-order valence-electron chi connectivity index (χ3n) is 4.71. The van der Waals surface area contributed by atoms with Gasteiger partial charge in [0.25, 0.3) is 0 Å². The first-order valence-corrected chi connectivity index (χ1v) is 9.38. The first kappa shape index (κ1) is 16.8. The van der Waals surface area contributed by atoms with Gasteiger partial charge < -0.3 is 20.1 Å². The molecule has 0 amide bonds. The Morgan fingerprint density at radius 1 is 0.962 bits per heavy atom. The Bertz CT molecular complexity index is 796. The Balaban J connectivity index is 1.37. The van der Waals surface area contributed by atoms with E-state index in [-0.39, 0.29) is 6.17 Å². The second-order valence-corrected chi connectivity index (χ2v) is 7.40. The van der Waals surface area contributed by atoms with Crippen molar-refractivity contribution in [1.29, 1.82) is 0 Å². The van der Waals surface area contributed by atoms with Crippen LogP contribution in [0.1, 0.15) is 30.5 Å². The van der Waals surface area contributed by atoms with Gasteiger partial charge in [0.1, 0.15) is 19.4 Å². The highest BCUT2D eigenvalue weighted by Crippen LogP contribution is 2.31. The van der Waals surface area contributed by atoms with E-state index in [1.54, 1.807) is 0 Å². The standard InChI is InChI=1S/C22H26N2O2/c1-15(2)11-16-3-6-18(7-4-16)19-14-23-22(24-19)13-17-5-8-20-21(12-17)26-10-9-25-20/h3-8,12,14-15,22-24H,9-11,13H2,1-2H3. The summed E-state index contributed by atoms with van der Waals surface area (Å²) in [6, 6.07) is 15.0. The molecule has 0 spiro atoms. The van der Waals surface area contributed by atoms with E-state index in [4.69, 9.17) is 9.47 Å². The second-order valence-electron chi connectivity index (χ2n) is 7.40. The minimum atomic E-state index is 0.183. The monoisotopic (exact) mass is 350 g/mol. The number of ether oxygens (including phenoxy) is 2. The van der Waals surface area contributed by atoms with E-state index < -0.39 is 0 Å². The third-order valence-corrected chi connectivity index (χ3v) is 4.71. The highest BCUT2D eigenvalue weighted by atomic mass is 16.6. The first-order valence-electron chi connectivity index (χ1n) is 9.38. The van der Waals surface area contributed by atoms with Crippen molar-refractivity contribution in [3.05, 3.63) is 65.4 Å². The van der Waals surface area contributed by atoms with Gasteiger partial charge in [-0.1, -0.05) is 44.2 Å². The number of rotatable bonds is 5. The molecule has 1 atom stereocenters. The van der Waals surface area contributed by atoms with Crippen molar-refractivity contribution < 1.29 is 9.47 Å². The average Bonchev–Trinajstić information content (AvgIpc) is 3.10. The van der Waals surface area contributed by atoms with E-state index in [0.29, 0.717) is 19.1 Å². The molecular weight excluding hydrogens is 324 g/mol. The minimum absolute atomic E-state index is 0.183. The van der Waals surface area contributed by atoms with Crippen LogP contribution in [-0.2, 0) is 12.8 Å². The lowest BCUT2D eigenvalue weighted by Crippen LogP contribution is -2.34. The van der Waals surface area contributed by atoms with Gasteiger partial charge in [-0.25, -0.2) is 0 Å². The Kier molecular flexibility index (Phi) is 4.74. The fourth-order valence-corrected chi connectivity index (χ4v) is 3.47. The van der Waals surface area contributed by atoms with E-state index in [9.17, 15) is 0 Å². The molecule has 136 valence electrons. The zero-order valence-corrected chi connectivity index (χ0v) is 15.4. The molecule has 2 N–H and O–H groups in total. The molecule has 2 aromatic rings. The zero-order valence-electron chi connectivity index (χ0n) is 15.4. The molecule has 2 heterocycles. The molecule has 0 bridgehead atoms. The SMILES string of the molecule is CC(C)Cc1ccc(C2=CNC(Cc3ccc4c(c3)OCCO4)N2)cc1. The predicted molar refractivity (Wildman–Crippen MR) is 104 cm³/mol. The van der Waals surface area contributed by atoms with Crippen molar-refractivity contribution in [2.75, 3.05) is 13.2 Å². The summed E-state index contributed by atoms with van der Waals surface area (Å²) in [5, 5.41) is 7.01. The van der Waals surface area contributed by atoms with Gasteiger partial charge in [0.05, 0.1) is 5.70 Å². The van der Waals surface area contributed by atoms with Gasteiger partial charge in [-0.15, -0.1) is 0 Å². The van der Waals surface area contributed by atoms with Crippen LogP contribution in [0.4, 0.5) is 0 Å². The lowest BCUT2D eigenvalue weighted by atomic mass is 10.0. The van der Waals surface area contributed by atoms with Crippen molar-refractivity contribution in [3.63, 3.8) is 0 Å². The molecular formula is C22H26N2O2. The highest BCUT2D eigenvalue weighted by molar-refractivity contribution is 5.65. The summed E-state index contributed by atoms with van der Waals surface area (Å²) in [5.41, 5.74) is 4.97. The maximum absolute atomic E-state index is 5.68. The minimum Gasteiger partial charge on any atom is -0.486 e. The number of fused-ring (bicyclic) bond motifs is 1. The molecule has 0 saturated carbocycles. The molecule has 0 aliphatic carbocycles. The van der Waals surface area contributed by atoms with E-state index in [2.05, 4.69) is 67.1 Å². The molecule has 2 aromatic carbocycles. The van der Waals surface area contributed by atoms with Gasteiger partial charge in [0.15, 0.2) is 11.5 Å². The van der Waals surface area contributed by atoms with E-state index >= 15 is 0 Å². The van der Waals surface area contributed by atoms with E-state index in [0.717, 1.165) is 30.0 Å². The summed E-state index contributed by atoms with van der Waals surface area (Å²) in [4.78, 5) is 0. The van der Waals surface area contributed by atoms with E-state index in [1.807, 2.05) is 6.07 Å². The van der Waals surface area contributed by atoms with Gasteiger partial charge >= 0.3 is 0 Å². The molecule has 26 heavy (non-hydrogen) atoms. The highest BCUT2D eigenvalue weighted by Gasteiger charge is 2.18. The summed E-state index contributed by atoms with van der Waals surface area (Å²) in [6.07, 6.45) is 4.25. The lowest BCUT2D eigenvalue weighted by Gasteiger charge is -2.20. The van der Waals surface area contributed by atoms with Crippen molar-refractivity contribution in [3.8, 4) is 11.5 Å². The number of nitrogens with one attached hydrogen (secondary N) is 2. The molecule has 0 saturated heterocycles. The zero-order chi connectivity index (χ0) is 17.9. The Morgan fingerprint density at radius 2 is 1.69 bits per heavy atom. The first-order chi connectivity index (χ1) is 12.7. The molecule has 1 unspecified atom stereocenters. The topological polar surface area (TPSA) is 42.5 Å². The normalized spacial score (nSPS) is 18.3. The van der Waals surface area contributed by atoms with E-state index in [1.165, 1.54) is 16.7 Å². The fraction of sp³-hybridized carbons (Fsp3) is 0.364. The summed E-state index contributed by atoms with van der Waals surface area (Å²) in [6.45, 7) is 5.75. The quantitative estimate of drug-likeness (QED) is 0.863. The molecule has 2 aliphatic rings. The lowest BCUT2D eigenvalue weighted by molar-refractivity contribution is 0.171. The van der Waals surface area contributed by atoms with Gasteiger partial charge in [-0.2, -0.15) is 0 Å². The Hall–Kier alpha value is -2.62. The summed E-state index contributed by atoms with van der Waals surface area (Å²) in [7, 11) is 0. The van der Waals surface area contributed by atoms with Crippen molar-refractivity contribution in [2.24, 2.45) is 5.92 Å². The van der Waals surface area contributed by atoms with Crippen LogP contribution in [0.2, 0.25) is 0 Å². The maximum atomic E-state index is 5.68. The maximum Gasteiger partial charge on any atom is 0.161 e. The molecule has 4 nitrogen and oxygen atoms in total. The second kappa shape index (κ2) is 7.32. The molecule has 0 aromatic heterocycles. The van der Waals surface area contributed by atoms with Gasteiger partial charge in [0.2, 0.25) is 0 Å². The molecule has 0 radical (unpaired) electrons.